The van der Waals surface area contributed by atoms with E-state index in [0.29, 0.717) is 6.61 Å². The van der Waals surface area contributed by atoms with E-state index in [1.165, 1.54) is 16.7 Å². The van der Waals surface area contributed by atoms with Crippen LogP contribution in [0.2, 0.25) is 0 Å². The summed E-state index contributed by atoms with van der Waals surface area (Å²) in [6.45, 7) is 16.3. The molecule has 0 atom stereocenters. The number of thiophene rings is 1. The van der Waals surface area contributed by atoms with Gasteiger partial charge in [-0.25, -0.2) is 0 Å². The molecule has 0 bridgehead atoms. The molecule has 0 aliphatic heterocycles. The first-order valence-electron chi connectivity index (χ1n) is 11.0. The summed E-state index contributed by atoms with van der Waals surface area (Å²) in [7, 11) is 0. The summed E-state index contributed by atoms with van der Waals surface area (Å²) < 4.78 is 6.09. The molecule has 1 aromatic heterocycles. The van der Waals surface area contributed by atoms with Crippen LogP contribution in [0, 0.1) is 17.3 Å². The third-order valence-electron chi connectivity index (χ3n) is 4.68. The van der Waals surface area contributed by atoms with E-state index in [-0.39, 0.29) is 11.0 Å². The van der Waals surface area contributed by atoms with Crippen LogP contribution >= 0.6 is 11.3 Å². The van der Waals surface area contributed by atoms with Gasteiger partial charge in [-0.2, -0.15) is 11.3 Å². The maximum absolute atomic E-state index is 6.09. The molecular formula is C28H37NOS. The SMILES string of the molecule is CCN(CC=CC#CC(C)(C)C)Cc1cccc(C=CC(C)(C)OCc2ccsc2)c1. The molecule has 3 heteroatoms. The average molecular weight is 436 g/mol. The summed E-state index contributed by atoms with van der Waals surface area (Å²) >= 11 is 1.70. The molecule has 0 saturated heterocycles. The molecular weight excluding hydrogens is 398 g/mol. The summed E-state index contributed by atoms with van der Waals surface area (Å²) in [6, 6.07) is 10.8. The fraction of sp³-hybridized carbons (Fsp3) is 0.429. The Kier molecular flexibility index (Phi) is 9.78. The maximum atomic E-state index is 6.09. The normalized spacial score (nSPS) is 12.6. The van der Waals surface area contributed by atoms with Crippen molar-refractivity contribution >= 4 is 17.4 Å². The second kappa shape index (κ2) is 12.1. The number of hydrogen-bond acceptors (Lipinski definition) is 3. The van der Waals surface area contributed by atoms with Gasteiger partial charge in [-0.15, -0.1) is 0 Å². The quantitative estimate of drug-likeness (QED) is 0.366. The molecule has 0 spiro atoms. The monoisotopic (exact) mass is 435 g/mol. The Balaban J connectivity index is 1.92. The van der Waals surface area contributed by atoms with Crippen LogP contribution in [-0.4, -0.2) is 23.6 Å². The van der Waals surface area contributed by atoms with Crippen molar-refractivity contribution in [3.63, 3.8) is 0 Å². The van der Waals surface area contributed by atoms with Gasteiger partial charge < -0.3 is 4.74 Å². The Bertz CT molecular complexity index is 904. The lowest BCUT2D eigenvalue weighted by molar-refractivity contribution is 0.00787. The fourth-order valence-electron chi connectivity index (χ4n) is 2.87. The highest BCUT2D eigenvalue weighted by molar-refractivity contribution is 7.07. The van der Waals surface area contributed by atoms with E-state index >= 15 is 0 Å². The molecule has 2 rings (SSSR count). The third kappa shape index (κ3) is 10.6. The molecule has 0 amide bonds. The Morgan fingerprint density at radius 2 is 1.90 bits per heavy atom. The average Bonchev–Trinajstić information content (AvgIpc) is 3.23. The first kappa shape index (κ1) is 25.1. The Hall–Kier alpha value is -2.12. The van der Waals surface area contributed by atoms with Gasteiger partial charge in [0, 0.05) is 18.5 Å². The summed E-state index contributed by atoms with van der Waals surface area (Å²) in [5.41, 5.74) is 3.48. The van der Waals surface area contributed by atoms with Crippen LogP contribution in [0.15, 0.2) is 59.3 Å². The van der Waals surface area contributed by atoms with Gasteiger partial charge in [0.2, 0.25) is 0 Å². The van der Waals surface area contributed by atoms with Crippen molar-refractivity contribution in [1.82, 2.24) is 4.90 Å². The zero-order chi connectivity index (χ0) is 22.7. The number of likely N-dealkylation sites (N-methyl/N-ethyl adjacent to an activating group) is 1. The molecule has 0 unspecified atom stereocenters. The highest BCUT2D eigenvalue weighted by Gasteiger charge is 2.14. The van der Waals surface area contributed by atoms with Crippen molar-refractivity contribution < 1.29 is 4.74 Å². The number of nitrogens with zero attached hydrogens (tertiary/aromatic N) is 1. The molecule has 0 saturated carbocycles. The van der Waals surface area contributed by atoms with Gasteiger partial charge in [0.1, 0.15) is 0 Å². The van der Waals surface area contributed by atoms with Gasteiger partial charge in [-0.3, -0.25) is 4.90 Å². The molecule has 0 N–H and O–H groups in total. The number of rotatable bonds is 10. The number of benzene rings is 1. The molecule has 166 valence electrons. The molecule has 1 heterocycles. The Labute approximate surface area is 193 Å². The first-order valence-corrected chi connectivity index (χ1v) is 11.9. The van der Waals surface area contributed by atoms with Gasteiger partial charge in [-0.05, 0) is 80.8 Å². The number of ether oxygens (including phenoxy) is 1. The molecule has 2 aromatic rings. The minimum atomic E-state index is -0.313. The molecule has 1 aromatic carbocycles. The van der Waals surface area contributed by atoms with Crippen LogP contribution in [0.5, 0.6) is 0 Å². The molecule has 0 radical (unpaired) electrons. The van der Waals surface area contributed by atoms with Crippen LogP contribution in [0.1, 0.15) is 58.2 Å². The van der Waals surface area contributed by atoms with Crippen LogP contribution in [0.4, 0.5) is 0 Å². The van der Waals surface area contributed by atoms with E-state index in [9.17, 15) is 0 Å². The zero-order valence-electron chi connectivity index (χ0n) is 19.9. The lowest BCUT2D eigenvalue weighted by atomic mass is 9.98. The van der Waals surface area contributed by atoms with Crippen LogP contribution in [-0.2, 0) is 17.9 Å². The van der Waals surface area contributed by atoms with Crippen molar-refractivity contribution in [2.24, 2.45) is 5.41 Å². The topological polar surface area (TPSA) is 12.5 Å². The van der Waals surface area contributed by atoms with E-state index in [1.54, 1.807) is 11.3 Å². The van der Waals surface area contributed by atoms with Crippen LogP contribution in [0.3, 0.4) is 0 Å². The van der Waals surface area contributed by atoms with Gasteiger partial charge >= 0.3 is 0 Å². The van der Waals surface area contributed by atoms with Gasteiger partial charge in [0.25, 0.3) is 0 Å². The summed E-state index contributed by atoms with van der Waals surface area (Å²) in [5, 5.41) is 4.22. The molecule has 0 aliphatic rings. The lowest BCUT2D eigenvalue weighted by Gasteiger charge is -2.21. The largest absolute Gasteiger partial charge is 0.367 e. The van der Waals surface area contributed by atoms with E-state index in [0.717, 1.165) is 19.6 Å². The molecule has 0 aliphatic carbocycles. The van der Waals surface area contributed by atoms with Gasteiger partial charge in [0.05, 0.1) is 12.2 Å². The van der Waals surface area contributed by atoms with Crippen LogP contribution in [0.25, 0.3) is 6.08 Å². The second-order valence-corrected chi connectivity index (χ2v) is 10.1. The molecule has 2 nitrogen and oxygen atoms in total. The van der Waals surface area contributed by atoms with E-state index < -0.39 is 0 Å². The third-order valence-corrected chi connectivity index (χ3v) is 5.42. The standard InChI is InChI=1S/C28H37NOS/c1-7-29(18-10-8-9-16-27(2,3)4)21-25-13-11-12-24(20-25)14-17-28(5,6)30-22-26-15-19-31-23-26/h8,10-15,17,19-20,23H,7,18,21-22H2,1-6H3. The zero-order valence-corrected chi connectivity index (χ0v) is 20.8. The van der Waals surface area contributed by atoms with Gasteiger partial charge in [-0.1, -0.05) is 61.3 Å². The second-order valence-electron chi connectivity index (χ2n) is 9.35. The van der Waals surface area contributed by atoms with Crippen molar-refractivity contribution in [2.45, 2.75) is 60.3 Å². The first-order chi connectivity index (χ1) is 14.7. The number of hydrogen-bond donors (Lipinski definition) is 0. The van der Waals surface area contributed by atoms with E-state index in [1.807, 2.05) is 6.08 Å². The van der Waals surface area contributed by atoms with Crippen molar-refractivity contribution in [3.8, 4) is 11.8 Å². The van der Waals surface area contributed by atoms with Crippen LogP contribution < -0.4 is 0 Å². The predicted molar refractivity (Wildman–Crippen MR) is 136 cm³/mol. The van der Waals surface area contributed by atoms with Crippen molar-refractivity contribution in [3.05, 3.63) is 76.0 Å². The highest BCUT2D eigenvalue weighted by Crippen LogP contribution is 2.18. The Morgan fingerprint density at radius 3 is 2.58 bits per heavy atom. The smallest absolute Gasteiger partial charge is 0.0814 e. The minimum absolute atomic E-state index is 0.0479. The molecule has 31 heavy (non-hydrogen) atoms. The Morgan fingerprint density at radius 1 is 1.10 bits per heavy atom. The highest BCUT2D eigenvalue weighted by atomic mass is 32.1. The fourth-order valence-corrected chi connectivity index (χ4v) is 3.52. The molecule has 0 fully saturated rings. The maximum Gasteiger partial charge on any atom is 0.0814 e. The minimum Gasteiger partial charge on any atom is -0.367 e. The van der Waals surface area contributed by atoms with E-state index in [4.69, 9.17) is 4.74 Å². The predicted octanol–water partition coefficient (Wildman–Crippen LogP) is 7.18. The van der Waals surface area contributed by atoms with Crippen molar-refractivity contribution in [1.29, 1.82) is 0 Å². The summed E-state index contributed by atoms with van der Waals surface area (Å²) in [6.07, 6.45) is 8.44. The van der Waals surface area contributed by atoms with E-state index in [2.05, 4.69) is 118 Å². The number of allylic oxidation sites excluding steroid dienone is 1. The lowest BCUT2D eigenvalue weighted by Crippen LogP contribution is -2.22. The van der Waals surface area contributed by atoms with Gasteiger partial charge in [0.15, 0.2) is 0 Å². The van der Waals surface area contributed by atoms with Crippen molar-refractivity contribution in [2.75, 3.05) is 13.1 Å². The summed E-state index contributed by atoms with van der Waals surface area (Å²) in [5.74, 6) is 6.39. The summed E-state index contributed by atoms with van der Waals surface area (Å²) in [4.78, 5) is 2.41.